The van der Waals surface area contributed by atoms with Crippen molar-refractivity contribution >= 4 is 45.0 Å². The highest BCUT2D eigenvalue weighted by Gasteiger charge is 2.21. The van der Waals surface area contributed by atoms with Crippen LogP contribution in [0.5, 0.6) is 0 Å². The van der Waals surface area contributed by atoms with Crippen LogP contribution in [0, 0.1) is 10.5 Å². The molecule has 0 bridgehead atoms. The first-order chi connectivity index (χ1) is 17.8. The Balaban J connectivity index is 1.40. The quantitative estimate of drug-likeness (QED) is 0.253. The van der Waals surface area contributed by atoms with Crippen molar-refractivity contribution in [3.63, 3.8) is 0 Å². The van der Waals surface area contributed by atoms with Crippen LogP contribution < -0.4 is 5.32 Å². The van der Waals surface area contributed by atoms with Crippen molar-refractivity contribution in [2.45, 2.75) is 20.8 Å². The van der Waals surface area contributed by atoms with Crippen LogP contribution in [0.25, 0.3) is 55.2 Å². The van der Waals surface area contributed by atoms with Crippen molar-refractivity contribution in [2.24, 2.45) is 5.41 Å². The molecule has 6 rings (SSSR count). The molecule has 0 unspecified atom stereocenters. The van der Waals surface area contributed by atoms with E-state index in [2.05, 4.69) is 30.5 Å². The molecule has 10 heteroatoms. The Morgan fingerprint density at radius 1 is 1.05 bits per heavy atom. The van der Waals surface area contributed by atoms with E-state index in [1.807, 2.05) is 51.1 Å². The molecule has 0 atom stereocenters. The fraction of sp³-hybridized carbons (Fsp3) is 0.148. The molecule has 6 aromatic rings. The van der Waals surface area contributed by atoms with E-state index < -0.39 is 5.41 Å². The number of amides is 1. The zero-order valence-corrected chi connectivity index (χ0v) is 21.1. The standard InChI is InChI=1S/C27H22FN7OS/c1-27(2,3)26(36)31-16-10-15(12-29-13-16)14-4-5-19-18(11-14)23(35-34-19)25-32-22-17(8-9-30-24(22)33-25)20-6-7-21(28)37-20/h4-13H,1-3H3,(H,31,36)(H,34,35)(H,30,32,33). The van der Waals surface area contributed by atoms with Gasteiger partial charge in [-0.3, -0.25) is 14.9 Å². The number of aromatic nitrogens is 6. The maximum atomic E-state index is 13.7. The number of anilines is 1. The van der Waals surface area contributed by atoms with Crippen molar-refractivity contribution < 1.29 is 9.18 Å². The predicted octanol–water partition coefficient (Wildman–Crippen LogP) is 6.42. The molecule has 0 spiro atoms. The number of aromatic amines is 2. The number of benzene rings is 1. The second kappa shape index (κ2) is 8.59. The van der Waals surface area contributed by atoms with Gasteiger partial charge >= 0.3 is 0 Å². The van der Waals surface area contributed by atoms with E-state index in [1.54, 1.807) is 24.7 Å². The summed E-state index contributed by atoms with van der Waals surface area (Å²) in [4.78, 5) is 30.0. The number of halogens is 1. The van der Waals surface area contributed by atoms with E-state index in [0.29, 0.717) is 28.4 Å². The number of fused-ring (bicyclic) bond motifs is 2. The van der Waals surface area contributed by atoms with Crippen LogP contribution in [0.1, 0.15) is 20.8 Å². The van der Waals surface area contributed by atoms with Crippen LogP contribution in [0.3, 0.4) is 0 Å². The first-order valence-electron chi connectivity index (χ1n) is 11.6. The molecule has 0 saturated heterocycles. The zero-order valence-electron chi connectivity index (χ0n) is 20.3. The highest BCUT2D eigenvalue weighted by atomic mass is 32.1. The number of pyridine rings is 2. The highest BCUT2D eigenvalue weighted by Crippen LogP contribution is 2.35. The van der Waals surface area contributed by atoms with Crippen LogP contribution in [0.4, 0.5) is 10.1 Å². The molecule has 1 aromatic carbocycles. The van der Waals surface area contributed by atoms with Gasteiger partial charge in [0.15, 0.2) is 16.6 Å². The van der Waals surface area contributed by atoms with Crippen molar-refractivity contribution in [3.05, 3.63) is 66.2 Å². The topological polar surface area (TPSA) is 112 Å². The molecule has 0 radical (unpaired) electrons. The van der Waals surface area contributed by atoms with E-state index >= 15 is 0 Å². The lowest BCUT2D eigenvalue weighted by Crippen LogP contribution is -2.27. The van der Waals surface area contributed by atoms with E-state index in [9.17, 15) is 9.18 Å². The number of nitrogens with zero attached hydrogens (tertiary/aromatic N) is 4. The molecule has 0 aliphatic carbocycles. The lowest BCUT2D eigenvalue weighted by atomic mass is 9.95. The Hall–Kier alpha value is -4.44. The van der Waals surface area contributed by atoms with Gasteiger partial charge in [-0.1, -0.05) is 26.8 Å². The molecule has 3 N–H and O–H groups in total. The van der Waals surface area contributed by atoms with Gasteiger partial charge in [-0.05, 0) is 42.0 Å². The number of rotatable bonds is 4. The number of nitrogens with one attached hydrogen (secondary N) is 3. The molecule has 1 amide bonds. The van der Waals surface area contributed by atoms with Crippen LogP contribution in [0.2, 0.25) is 0 Å². The van der Waals surface area contributed by atoms with Crippen LogP contribution in [-0.4, -0.2) is 36.0 Å². The third kappa shape index (κ3) is 4.25. The molecule has 5 aromatic heterocycles. The first-order valence-corrected chi connectivity index (χ1v) is 12.4. The number of imidazole rings is 1. The summed E-state index contributed by atoms with van der Waals surface area (Å²) in [6.45, 7) is 5.59. The molecule has 0 saturated carbocycles. The van der Waals surface area contributed by atoms with E-state index in [-0.39, 0.29) is 11.0 Å². The van der Waals surface area contributed by atoms with E-state index in [0.717, 1.165) is 43.8 Å². The number of carbonyl (C=O) groups is 1. The maximum absolute atomic E-state index is 13.7. The number of carbonyl (C=O) groups excluding carboxylic acids is 1. The average Bonchev–Trinajstić information content (AvgIpc) is 3.60. The predicted molar refractivity (Wildman–Crippen MR) is 144 cm³/mol. The summed E-state index contributed by atoms with van der Waals surface area (Å²) < 4.78 is 13.7. The van der Waals surface area contributed by atoms with Gasteiger partial charge in [-0.15, -0.1) is 11.3 Å². The smallest absolute Gasteiger partial charge is 0.229 e. The monoisotopic (exact) mass is 511 g/mol. The fourth-order valence-electron chi connectivity index (χ4n) is 4.04. The lowest BCUT2D eigenvalue weighted by molar-refractivity contribution is -0.123. The largest absolute Gasteiger partial charge is 0.324 e. The van der Waals surface area contributed by atoms with Crippen molar-refractivity contribution in [2.75, 3.05) is 5.32 Å². The minimum absolute atomic E-state index is 0.0813. The Bertz CT molecular complexity index is 1790. The highest BCUT2D eigenvalue weighted by molar-refractivity contribution is 7.14. The molecule has 5 heterocycles. The molecular formula is C27H22FN7OS. The minimum Gasteiger partial charge on any atom is -0.324 e. The molecule has 0 aliphatic heterocycles. The third-order valence-electron chi connectivity index (χ3n) is 6.02. The zero-order chi connectivity index (χ0) is 25.7. The van der Waals surface area contributed by atoms with Crippen molar-refractivity contribution in [1.82, 2.24) is 30.1 Å². The Morgan fingerprint density at radius 3 is 2.70 bits per heavy atom. The van der Waals surface area contributed by atoms with Crippen LogP contribution >= 0.6 is 11.3 Å². The van der Waals surface area contributed by atoms with Gasteiger partial charge in [-0.2, -0.15) is 9.49 Å². The molecule has 37 heavy (non-hydrogen) atoms. The molecular weight excluding hydrogens is 489 g/mol. The molecule has 0 aliphatic rings. The second-order valence-corrected chi connectivity index (χ2v) is 10.8. The second-order valence-electron chi connectivity index (χ2n) is 9.74. The third-order valence-corrected chi connectivity index (χ3v) is 6.93. The van der Waals surface area contributed by atoms with Gasteiger partial charge in [0.1, 0.15) is 11.2 Å². The SMILES string of the molecule is CC(C)(C)C(=O)Nc1cncc(-c2ccc3[nH]nc(-c4nc5c(-c6ccc(F)s6)ccnc5[nH]4)c3c2)c1. The normalized spacial score (nSPS) is 11.9. The first kappa shape index (κ1) is 23.0. The maximum Gasteiger partial charge on any atom is 0.229 e. The van der Waals surface area contributed by atoms with Gasteiger partial charge in [0.2, 0.25) is 5.91 Å². The van der Waals surface area contributed by atoms with Crippen LogP contribution in [0.15, 0.2) is 61.1 Å². The van der Waals surface area contributed by atoms with Crippen LogP contribution in [-0.2, 0) is 4.79 Å². The van der Waals surface area contributed by atoms with E-state index in [4.69, 9.17) is 4.98 Å². The molecule has 8 nitrogen and oxygen atoms in total. The summed E-state index contributed by atoms with van der Waals surface area (Å²) in [5, 5.41) is 11.1. The summed E-state index contributed by atoms with van der Waals surface area (Å²) in [5.74, 6) is 0.474. The van der Waals surface area contributed by atoms with Gasteiger partial charge in [0, 0.05) is 39.2 Å². The molecule has 0 fully saturated rings. The molecule has 184 valence electrons. The summed E-state index contributed by atoms with van der Waals surface area (Å²) >= 11 is 1.07. The number of hydrogen-bond donors (Lipinski definition) is 3. The lowest BCUT2D eigenvalue weighted by Gasteiger charge is -2.17. The van der Waals surface area contributed by atoms with Gasteiger partial charge in [0.05, 0.1) is 17.4 Å². The Labute approximate surface area is 215 Å². The summed E-state index contributed by atoms with van der Waals surface area (Å²) in [6, 6.07) is 12.8. The summed E-state index contributed by atoms with van der Waals surface area (Å²) in [7, 11) is 0. The number of thiophene rings is 1. The number of hydrogen-bond acceptors (Lipinski definition) is 6. The van der Waals surface area contributed by atoms with Gasteiger partial charge in [-0.25, -0.2) is 9.97 Å². The Kier molecular flexibility index (Phi) is 5.34. The number of H-pyrrole nitrogens is 2. The summed E-state index contributed by atoms with van der Waals surface area (Å²) in [6.07, 6.45) is 5.06. The fourth-order valence-corrected chi connectivity index (χ4v) is 4.80. The average molecular weight is 512 g/mol. The summed E-state index contributed by atoms with van der Waals surface area (Å²) in [5.41, 5.74) is 5.43. The minimum atomic E-state index is -0.514. The van der Waals surface area contributed by atoms with E-state index in [1.165, 1.54) is 6.07 Å². The van der Waals surface area contributed by atoms with Crippen molar-refractivity contribution in [1.29, 1.82) is 0 Å². The van der Waals surface area contributed by atoms with Gasteiger partial charge in [0.25, 0.3) is 0 Å². The Morgan fingerprint density at radius 2 is 1.92 bits per heavy atom. The van der Waals surface area contributed by atoms with Crippen molar-refractivity contribution in [3.8, 4) is 33.1 Å². The van der Waals surface area contributed by atoms with Gasteiger partial charge < -0.3 is 10.3 Å².